The van der Waals surface area contributed by atoms with E-state index >= 15 is 0 Å². The fraction of sp³-hybridized carbons (Fsp3) is 0.219. The highest BCUT2D eigenvalue weighted by atomic mass is 16.5. The van der Waals surface area contributed by atoms with Gasteiger partial charge in [-0.1, -0.05) is 12.6 Å². The highest BCUT2D eigenvalue weighted by molar-refractivity contribution is 6.00. The number of hydrogen-bond acceptors (Lipinski definition) is 7. The lowest BCUT2D eigenvalue weighted by Gasteiger charge is -2.35. The van der Waals surface area contributed by atoms with E-state index in [1.165, 1.54) is 6.08 Å². The number of piperazine rings is 1. The first kappa shape index (κ1) is 28.3. The summed E-state index contributed by atoms with van der Waals surface area (Å²) in [6.07, 6.45) is 3.02. The molecule has 2 heterocycles. The third kappa shape index (κ3) is 6.22. The number of benzene rings is 3. The van der Waals surface area contributed by atoms with Crippen LogP contribution in [0.1, 0.15) is 5.56 Å². The number of aromatic nitrogens is 1. The molecule has 1 aromatic heterocycles. The first-order valence-corrected chi connectivity index (χ1v) is 13.5. The highest BCUT2D eigenvalue weighted by Gasteiger charge is 2.19. The molecule has 10 heteroatoms. The zero-order valence-corrected chi connectivity index (χ0v) is 23.8. The minimum atomic E-state index is -0.375. The third-order valence-corrected chi connectivity index (χ3v) is 7.13. The van der Waals surface area contributed by atoms with Gasteiger partial charge in [0.05, 0.1) is 19.7 Å². The zero-order valence-electron chi connectivity index (χ0n) is 23.8. The average Bonchev–Trinajstić information content (AvgIpc) is 3.02. The molecule has 4 aromatic rings. The second kappa shape index (κ2) is 12.5. The van der Waals surface area contributed by atoms with Gasteiger partial charge in [0.1, 0.15) is 11.5 Å². The molecule has 1 aliphatic heterocycles. The second-order valence-corrected chi connectivity index (χ2v) is 9.76. The highest BCUT2D eigenvalue weighted by Crippen LogP contribution is 2.38. The van der Waals surface area contributed by atoms with Crippen molar-refractivity contribution in [2.24, 2.45) is 0 Å². The number of hydrogen-bond donors (Lipinski definition) is 2. The Labute approximate surface area is 244 Å². The van der Waals surface area contributed by atoms with Crippen LogP contribution in [0.15, 0.2) is 79.5 Å². The summed E-state index contributed by atoms with van der Waals surface area (Å²) in [7, 11) is 3.16. The molecular formula is C32H33N5O5. The van der Waals surface area contributed by atoms with Gasteiger partial charge in [-0.25, -0.2) is 4.79 Å². The average molecular weight is 568 g/mol. The molecule has 1 aliphatic rings. The lowest BCUT2D eigenvalue weighted by Crippen LogP contribution is -2.48. The number of fused-ring (bicyclic) bond motifs is 1. The minimum absolute atomic E-state index is 0.0416. The van der Waals surface area contributed by atoms with Crippen molar-refractivity contribution in [2.75, 3.05) is 55.9 Å². The minimum Gasteiger partial charge on any atom is -0.493 e. The Morgan fingerprint density at radius 3 is 2.19 bits per heavy atom. The number of anilines is 3. The van der Waals surface area contributed by atoms with E-state index in [4.69, 9.17) is 14.2 Å². The van der Waals surface area contributed by atoms with E-state index in [1.54, 1.807) is 43.5 Å². The number of pyridine rings is 1. The molecule has 0 atom stereocenters. The molecule has 42 heavy (non-hydrogen) atoms. The molecule has 1 saturated heterocycles. The lowest BCUT2D eigenvalue weighted by atomic mass is 10.1. The van der Waals surface area contributed by atoms with Gasteiger partial charge in [-0.2, -0.15) is 0 Å². The van der Waals surface area contributed by atoms with E-state index < -0.39 is 0 Å². The molecule has 3 amide bonds. The van der Waals surface area contributed by atoms with Crippen LogP contribution in [0.25, 0.3) is 10.9 Å². The number of nitrogens with zero attached hydrogens (tertiary/aromatic N) is 3. The van der Waals surface area contributed by atoms with E-state index in [0.717, 1.165) is 29.7 Å². The number of amides is 3. The summed E-state index contributed by atoms with van der Waals surface area (Å²) in [5.41, 5.74) is 3.87. The number of nitrogens with one attached hydrogen (secondary N) is 2. The molecule has 0 bridgehead atoms. The van der Waals surface area contributed by atoms with E-state index in [1.807, 2.05) is 49.4 Å². The quantitative estimate of drug-likeness (QED) is 0.258. The van der Waals surface area contributed by atoms with Crippen LogP contribution < -0.4 is 29.7 Å². The van der Waals surface area contributed by atoms with Gasteiger partial charge in [-0.3, -0.25) is 9.78 Å². The van der Waals surface area contributed by atoms with Gasteiger partial charge in [0.15, 0.2) is 11.5 Å². The summed E-state index contributed by atoms with van der Waals surface area (Å²) in [5, 5.41) is 6.52. The van der Waals surface area contributed by atoms with Gasteiger partial charge in [-0.15, -0.1) is 0 Å². The Morgan fingerprint density at radius 2 is 1.50 bits per heavy atom. The normalized spacial score (nSPS) is 12.9. The van der Waals surface area contributed by atoms with Crippen molar-refractivity contribution in [3.8, 4) is 23.0 Å². The standard InChI is InChI=1S/C32H33N5O5/c1-5-31(38)37-16-14-36(15-17-37)24-10-8-22(9-11-24)34-32(39)35-23-7-6-21(2)28(18-23)42-27-12-13-33-26-20-30(41-4)29(40-3)19-25(26)27/h5-13,18-20H,1,14-17H2,2-4H3,(H2,34,35,39). The number of rotatable bonds is 8. The van der Waals surface area contributed by atoms with Crippen molar-refractivity contribution in [3.05, 3.63) is 85.1 Å². The van der Waals surface area contributed by atoms with E-state index in [9.17, 15) is 9.59 Å². The van der Waals surface area contributed by atoms with E-state index in [0.29, 0.717) is 53.0 Å². The number of urea groups is 1. The fourth-order valence-electron chi connectivity index (χ4n) is 4.81. The molecule has 1 fully saturated rings. The largest absolute Gasteiger partial charge is 0.493 e. The van der Waals surface area contributed by atoms with Crippen molar-refractivity contribution in [2.45, 2.75) is 6.92 Å². The molecule has 0 saturated carbocycles. The monoisotopic (exact) mass is 567 g/mol. The van der Waals surface area contributed by atoms with Gasteiger partial charge in [0.2, 0.25) is 5.91 Å². The Morgan fingerprint density at radius 1 is 0.833 bits per heavy atom. The van der Waals surface area contributed by atoms with Crippen LogP contribution >= 0.6 is 0 Å². The smallest absolute Gasteiger partial charge is 0.323 e. The summed E-state index contributed by atoms with van der Waals surface area (Å²) in [4.78, 5) is 33.1. The molecule has 10 nitrogen and oxygen atoms in total. The third-order valence-electron chi connectivity index (χ3n) is 7.13. The summed E-state index contributed by atoms with van der Waals surface area (Å²) in [6, 6.07) is 18.2. The molecule has 3 aromatic carbocycles. The number of carbonyl (C=O) groups is 2. The first-order chi connectivity index (χ1) is 20.4. The topological polar surface area (TPSA) is 105 Å². The van der Waals surface area contributed by atoms with Gasteiger partial charge in [-0.05, 0) is 61.0 Å². The van der Waals surface area contributed by atoms with Crippen molar-refractivity contribution in [1.29, 1.82) is 0 Å². The van der Waals surface area contributed by atoms with Crippen LogP contribution in [0.2, 0.25) is 0 Å². The van der Waals surface area contributed by atoms with Gasteiger partial charge >= 0.3 is 6.03 Å². The molecule has 2 N–H and O–H groups in total. The van der Waals surface area contributed by atoms with Gasteiger partial charge in [0.25, 0.3) is 0 Å². The van der Waals surface area contributed by atoms with Gasteiger partial charge < -0.3 is 34.6 Å². The molecule has 5 rings (SSSR count). The number of carbonyl (C=O) groups excluding carboxylic acids is 2. The summed E-state index contributed by atoms with van der Waals surface area (Å²) >= 11 is 0. The number of methoxy groups -OCH3 is 2. The Hall–Kier alpha value is -5.25. The van der Waals surface area contributed by atoms with Crippen LogP contribution in [0.4, 0.5) is 21.9 Å². The van der Waals surface area contributed by atoms with Crippen molar-refractivity contribution >= 4 is 39.9 Å². The Balaban J connectivity index is 1.23. The summed E-state index contributed by atoms with van der Waals surface area (Å²) < 4.78 is 17.1. The van der Waals surface area contributed by atoms with Crippen LogP contribution in [0, 0.1) is 6.92 Å². The Bertz CT molecular complexity index is 1610. The maximum absolute atomic E-state index is 12.8. The molecule has 0 radical (unpaired) electrons. The maximum atomic E-state index is 12.8. The number of aryl methyl sites for hydroxylation is 1. The molecule has 216 valence electrons. The maximum Gasteiger partial charge on any atom is 0.323 e. The van der Waals surface area contributed by atoms with Crippen molar-refractivity contribution in [3.63, 3.8) is 0 Å². The predicted molar refractivity (Wildman–Crippen MR) is 164 cm³/mol. The molecule has 0 spiro atoms. The summed E-state index contributed by atoms with van der Waals surface area (Å²) in [5.74, 6) is 2.30. The molecular weight excluding hydrogens is 534 g/mol. The van der Waals surface area contributed by atoms with Crippen LogP contribution in [-0.2, 0) is 4.79 Å². The number of ether oxygens (including phenoxy) is 3. The van der Waals surface area contributed by atoms with Crippen molar-refractivity contribution in [1.82, 2.24) is 9.88 Å². The van der Waals surface area contributed by atoms with Gasteiger partial charge in [0, 0.05) is 67.0 Å². The Kier molecular flexibility index (Phi) is 8.42. The van der Waals surface area contributed by atoms with Crippen LogP contribution in [-0.4, -0.2) is 62.2 Å². The zero-order chi connectivity index (χ0) is 29.6. The predicted octanol–water partition coefficient (Wildman–Crippen LogP) is 5.83. The van der Waals surface area contributed by atoms with E-state index in [-0.39, 0.29) is 11.9 Å². The van der Waals surface area contributed by atoms with E-state index in [2.05, 4.69) is 27.1 Å². The fourth-order valence-corrected chi connectivity index (χ4v) is 4.81. The lowest BCUT2D eigenvalue weighted by molar-refractivity contribution is -0.126. The summed E-state index contributed by atoms with van der Waals surface area (Å²) in [6.45, 7) is 8.27. The first-order valence-electron chi connectivity index (χ1n) is 13.5. The molecule has 0 unspecified atom stereocenters. The second-order valence-electron chi connectivity index (χ2n) is 9.76. The molecule has 0 aliphatic carbocycles. The SMILES string of the molecule is C=CC(=O)N1CCN(c2ccc(NC(=O)Nc3ccc(C)c(Oc4ccnc5cc(OC)c(OC)cc45)c3)cc2)CC1. The van der Waals surface area contributed by atoms with Crippen LogP contribution in [0.3, 0.4) is 0 Å². The van der Waals surface area contributed by atoms with Crippen molar-refractivity contribution < 1.29 is 23.8 Å². The van der Waals surface area contributed by atoms with Crippen LogP contribution in [0.5, 0.6) is 23.0 Å².